The molecule has 0 aliphatic heterocycles. The number of alkyl halides is 8. The molecule has 3 nitrogen and oxygen atoms in total. The Bertz CT molecular complexity index is 399. The van der Waals surface area contributed by atoms with Crippen LogP contribution in [0.25, 0.3) is 0 Å². The summed E-state index contributed by atoms with van der Waals surface area (Å²) in [5.41, 5.74) is 0. The monoisotopic (exact) mass is 302 g/mol. The number of hydrogen-bond donors (Lipinski definition) is 0. The molecular formula is C5H3F8LiO3S. The molecule has 0 fully saturated rings. The molecule has 104 valence electrons. The van der Waals surface area contributed by atoms with Gasteiger partial charge in [0.15, 0.2) is 10.1 Å². The van der Waals surface area contributed by atoms with E-state index in [1.807, 2.05) is 0 Å². The van der Waals surface area contributed by atoms with E-state index in [9.17, 15) is 48.1 Å². The fourth-order valence-electron chi connectivity index (χ4n) is 0.615. The molecule has 0 N–H and O–H groups in total. The fourth-order valence-corrected chi connectivity index (χ4v) is 1.06. The van der Waals surface area contributed by atoms with Gasteiger partial charge < -0.3 is 4.55 Å². The maximum absolute atomic E-state index is 12.4. The van der Waals surface area contributed by atoms with Gasteiger partial charge >= 0.3 is 41.9 Å². The van der Waals surface area contributed by atoms with E-state index in [-0.39, 0.29) is 18.9 Å². The van der Waals surface area contributed by atoms with Gasteiger partial charge in [0.2, 0.25) is 0 Å². The number of halogens is 8. The molecule has 0 bridgehead atoms. The van der Waals surface area contributed by atoms with Crippen molar-refractivity contribution < 1.29 is 67.0 Å². The molecule has 0 saturated carbocycles. The third-order valence-corrected chi connectivity index (χ3v) is 2.51. The summed E-state index contributed by atoms with van der Waals surface area (Å²) in [6.07, 6.45) is 0. The second-order valence-corrected chi connectivity index (χ2v) is 4.43. The minimum absolute atomic E-state index is 0. The Balaban J connectivity index is 0. The molecule has 0 amide bonds. The van der Waals surface area contributed by atoms with Crippen molar-refractivity contribution in [3.05, 3.63) is 0 Å². The predicted molar refractivity (Wildman–Crippen MR) is 35.2 cm³/mol. The van der Waals surface area contributed by atoms with E-state index in [0.717, 1.165) is 0 Å². The smallest absolute Gasteiger partial charge is 0.743 e. The second-order valence-electron chi connectivity index (χ2n) is 3.01. The molecule has 18 heavy (non-hydrogen) atoms. The average Bonchev–Trinajstić information content (AvgIpc) is 1.98. The minimum Gasteiger partial charge on any atom is -0.743 e. The van der Waals surface area contributed by atoms with Crippen LogP contribution in [0.15, 0.2) is 0 Å². The van der Waals surface area contributed by atoms with E-state index in [0.29, 0.717) is 0 Å². The Kier molecular flexibility index (Phi) is 5.41. The summed E-state index contributed by atoms with van der Waals surface area (Å²) in [6, 6.07) is 0. The van der Waals surface area contributed by atoms with Crippen LogP contribution in [0.2, 0.25) is 0 Å². The van der Waals surface area contributed by atoms with Crippen molar-refractivity contribution in [2.45, 2.75) is 29.9 Å². The normalized spacial score (nSPS) is 15.2. The first kappa shape index (κ1) is 20.3. The molecule has 0 atom stereocenters. The number of rotatable bonds is 4. The Morgan fingerprint density at radius 2 is 1.11 bits per heavy atom. The van der Waals surface area contributed by atoms with Gasteiger partial charge in [0.05, 0.1) is 0 Å². The van der Waals surface area contributed by atoms with Crippen molar-refractivity contribution >= 4 is 10.1 Å². The third kappa shape index (κ3) is 2.76. The molecule has 0 heterocycles. The maximum atomic E-state index is 12.4. The largest absolute Gasteiger partial charge is 1.00 e. The summed E-state index contributed by atoms with van der Waals surface area (Å²) >= 11 is 0. The maximum Gasteiger partial charge on any atom is 1.00 e. The van der Waals surface area contributed by atoms with Crippen LogP contribution in [-0.2, 0) is 10.1 Å². The summed E-state index contributed by atoms with van der Waals surface area (Å²) in [7, 11) is -7.25. The van der Waals surface area contributed by atoms with Gasteiger partial charge in [-0.15, -0.1) is 0 Å². The van der Waals surface area contributed by atoms with E-state index < -0.39 is 40.1 Å². The molecule has 13 heteroatoms. The molecule has 0 aromatic heterocycles. The van der Waals surface area contributed by atoms with E-state index in [1.165, 1.54) is 0 Å². The summed E-state index contributed by atoms with van der Waals surface area (Å²) in [6.45, 7) is -0.825. The zero-order valence-electron chi connectivity index (χ0n) is 8.66. The Hall–Kier alpha value is -0.0526. The van der Waals surface area contributed by atoms with Gasteiger partial charge in [0, 0.05) is 6.92 Å². The summed E-state index contributed by atoms with van der Waals surface area (Å²) in [5.74, 6) is -19.4. The van der Waals surface area contributed by atoms with E-state index in [4.69, 9.17) is 0 Å². The summed E-state index contributed by atoms with van der Waals surface area (Å²) in [4.78, 5) is 0. The van der Waals surface area contributed by atoms with Gasteiger partial charge in [0.1, 0.15) is 0 Å². The Labute approximate surface area is 107 Å². The molecular weight excluding hydrogens is 299 g/mol. The molecule has 0 radical (unpaired) electrons. The van der Waals surface area contributed by atoms with Gasteiger partial charge in [0.25, 0.3) is 0 Å². The zero-order chi connectivity index (χ0) is 14.5. The fraction of sp³-hybridized carbons (Fsp3) is 1.00. The quantitative estimate of drug-likeness (QED) is 0.382. The van der Waals surface area contributed by atoms with Gasteiger partial charge in [-0.2, -0.15) is 35.1 Å². The molecule has 0 aromatic rings. The van der Waals surface area contributed by atoms with Crippen LogP contribution in [0.1, 0.15) is 6.92 Å². The van der Waals surface area contributed by atoms with Gasteiger partial charge in [-0.1, -0.05) is 0 Å². The van der Waals surface area contributed by atoms with Crippen LogP contribution in [0.4, 0.5) is 35.1 Å². The SMILES string of the molecule is CC(F)(F)C(F)(F)C(F)(F)C(F)(F)S(=O)(=O)[O-].[Li+]. The molecule has 0 aliphatic carbocycles. The van der Waals surface area contributed by atoms with Crippen molar-refractivity contribution in [1.82, 2.24) is 0 Å². The van der Waals surface area contributed by atoms with Gasteiger partial charge in [-0.05, 0) is 0 Å². The Morgan fingerprint density at radius 1 is 0.833 bits per heavy atom. The average molecular weight is 302 g/mol. The van der Waals surface area contributed by atoms with Crippen LogP contribution in [0.3, 0.4) is 0 Å². The third-order valence-electron chi connectivity index (χ3n) is 1.63. The van der Waals surface area contributed by atoms with E-state index in [2.05, 4.69) is 0 Å². The standard InChI is InChI=1S/C5H4F8O3S.Li/c1-2(6,7)3(8,9)4(10,11)5(12,13)17(14,15)16;/h1H3,(H,14,15,16);/q;+1/p-1. The Morgan fingerprint density at radius 3 is 1.28 bits per heavy atom. The molecule has 0 unspecified atom stereocenters. The summed E-state index contributed by atoms with van der Waals surface area (Å²) < 4.78 is 127. The first-order valence-corrected chi connectivity index (χ1v) is 4.87. The second kappa shape index (κ2) is 4.81. The first-order chi connectivity index (χ1) is 7.00. The van der Waals surface area contributed by atoms with Crippen molar-refractivity contribution in [3.8, 4) is 0 Å². The minimum atomic E-state index is -7.25. The predicted octanol–water partition coefficient (Wildman–Crippen LogP) is -0.946. The van der Waals surface area contributed by atoms with Crippen LogP contribution in [-0.4, -0.2) is 36.0 Å². The first-order valence-electron chi connectivity index (χ1n) is 3.47. The molecule has 0 rings (SSSR count). The van der Waals surface area contributed by atoms with Crippen molar-refractivity contribution in [2.75, 3.05) is 0 Å². The zero-order valence-corrected chi connectivity index (χ0v) is 9.47. The van der Waals surface area contributed by atoms with Crippen molar-refractivity contribution in [1.29, 1.82) is 0 Å². The molecule has 0 aliphatic rings. The number of hydrogen-bond acceptors (Lipinski definition) is 3. The van der Waals surface area contributed by atoms with Crippen LogP contribution in [0.5, 0.6) is 0 Å². The van der Waals surface area contributed by atoms with Crippen LogP contribution < -0.4 is 18.9 Å². The van der Waals surface area contributed by atoms with Crippen molar-refractivity contribution in [3.63, 3.8) is 0 Å². The van der Waals surface area contributed by atoms with Crippen LogP contribution >= 0.6 is 0 Å². The molecule has 0 spiro atoms. The van der Waals surface area contributed by atoms with E-state index >= 15 is 0 Å². The van der Waals surface area contributed by atoms with E-state index in [1.54, 1.807) is 0 Å². The van der Waals surface area contributed by atoms with Gasteiger partial charge in [-0.3, -0.25) is 0 Å². The topological polar surface area (TPSA) is 57.2 Å². The van der Waals surface area contributed by atoms with Crippen molar-refractivity contribution in [2.24, 2.45) is 0 Å². The molecule has 0 aromatic carbocycles. The van der Waals surface area contributed by atoms with Gasteiger partial charge in [-0.25, -0.2) is 8.42 Å². The summed E-state index contributed by atoms with van der Waals surface area (Å²) in [5, 5.41) is -6.87. The molecule has 0 saturated heterocycles. The van der Waals surface area contributed by atoms with Crippen LogP contribution in [0, 0.1) is 0 Å².